The molecule has 0 saturated heterocycles. The molecule has 0 aliphatic rings. The van der Waals surface area contributed by atoms with Crippen LogP contribution in [0.15, 0.2) is 41.6 Å². The molecule has 1 heterocycles. The van der Waals surface area contributed by atoms with Crippen LogP contribution in [0.5, 0.6) is 0 Å². The van der Waals surface area contributed by atoms with Crippen LogP contribution in [0, 0.1) is 5.82 Å². The zero-order chi connectivity index (χ0) is 14.4. The lowest BCUT2D eigenvalue weighted by atomic mass is 10.2. The Morgan fingerprint density at radius 2 is 2.10 bits per heavy atom. The Labute approximate surface area is 123 Å². The Kier molecular flexibility index (Phi) is 5.61. The van der Waals surface area contributed by atoms with Gasteiger partial charge in [0.25, 0.3) is 0 Å². The van der Waals surface area contributed by atoms with Gasteiger partial charge >= 0.3 is 0 Å². The molecular formula is C15H20FN3S. The number of thioether (sulfide) groups is 1. The molecule has 1 aromatic carbocycles. The van der Waals surface area contributed by atoms with Gasteiger partial charge in [0.1, 0.15) is 5.82 Å². The monoisotopic (exact) mass is 293 g/mol. The van der Waals surface area contributed by atoms with Gasteiger partial charge in [-0.3, -0.25) is 4.68 Å². The Bertz CT molecular complexity index is 524. The minimum atomic E-state index is -0.194. The highest BCUT2D eigenvalue weighted by Gasteiger charge is 2.12. The van der Waals surface area contributed by atoms with E-state index in [-0.39, 0.29) is 11.9 Å². The number of rotatable bonds is 7. The maximum absolute atomic E-state index is 12.9. The summed E-state index contributed by atoms with van der Waals surface area (Å²) < 4.78 is 14.8. The fraction of sp³-hybridized carbons (Fsp3) is 0.400. The summed E-state index contributed by atoms with van der Waals surface area (Å²) in [6.07, 6.45) is 5.09. The Hall–Kier alpha value is -1.33. The topological polar surface area (TPSA) is 29.9 Å². The van der Waals surface area contributed by atoms with E-state index in [1.54, 1.807) is 11.8 Å². The van der Waals surface area contributed by atoms with Crippen LogP contribution in [0.1, 0.15) is 24.9 Å². The zero-order valence-electron chi connectivity index (χ0n) is 11.8. The van der Waals surface area contributed by atoms with Crippen LogP contribution >= 0.6 is 11.8 Å². The number of nitrogens with zero attached hydrogens (tertiary/aromatic N) is 2. The van der Waals surface area contributed by atoms with Crippen molar-refractivity contribution < 1.29 is 4.39 Å². The predicted octanol–water partition coefficient (Wildman–Crippen LogP) is 3.49. The second-order valence-corrected chi connectivity index (χ2v) is 5.74. The Balaban J connectivity index is 1.95. The molecule has 20 heavy (non-hydrogen) atoms. The summed E-state index contributed by atoms with van der Waals surface area (Å²) in [5.41, 5.74) is 1.19. The molecule has 1 N–H and O–H groups in total. The van der Waals surface area contributed by atoms with Gasteiger partial charge in [0.15, 0.2) is 0 Å². The van der Waals surface area contributed by atoms with Crippen LogP contribution in [-0.4, -0.2) is 22.6 Å². The van der Waals surface area contributed by atoms with E-state index in [1.807, 2.05) is 30.1 Å². The van der Waals surface area contributed by atoms with Crippen molar-refractivity contribution in [2.45, 2.75) is 30.8 Å². The lowest BCUT2D eigenvalue weighted by molar-refractivity contribution is 0.599. The van der Waals surface area contributed by atoms with Gasteiger partial charge in [-0.15, -0.1) is 11.8 Å². The van der Waals surface area contributed by atoms with E-state index in [0.717, 1.165) is 23.6 Å². The van der Waals surface area contributed by atoms with Crippen molar-refractivity contribution in [1.82, 2.24) is 15.1 Å². The molecule has 5 heteroatoms. The summed E-state index contributed by atoms with van der Waals surface area (Å²) in [7, 11) is 1.95. The van der Waals surface area contributed by atoms with E-state index < -0.39 is 0 Å². The van der Waals surface area contributed by atoms with Crippen molar-refractivity contribution in [3.05, 3.63) is 48.0 Å². The maximum atomic E-state index is 12.9. The number of halogens is 1. The fourth-order valence-corrected chi connectivity index (χ4v) is 3.01. The highest BCUT2D eigenvalue weighted by molar-refractivity contribution is 7.99. The first kappa shape index (κ1) is 15.1. The van der Waals surface area contributed by atoms with E-state index in [1.165, 1.54) is 17.7 Å². The third kappa shape index (κ3) is 4.08. The van der Waals surface area contributed by atoms with Gasteiger partial charge in [0.2, 0.25) is 0 Å². The molecule has 0 radical (unpaired) electrons. The number of nitrogens with one attached hydrogen (secondary N) is 1. The van der Waals surface area contributed by atoms with E-state index in [0.29, 0.717) is 0 Å². The first-order valence-corrected chi connectivity index (χ1v) is 7.79. The molecule has 0 fully saturated rings. The van der Waals surface area contributed by atoms with E-state index in [4.69, 9.17) is 0 Å². The van der Waals surface area contributed by atoms with Crippen molar-refractivity contribution in [3.8, 4) is 0 Å². The van der Waals surface area contributed by atoms with E-state index in [9.17, 15) is 4.39 Å². The van der Waals surface area contributed by atoms with Crippen molar-refractivity contribution >= 4 is 11.8 Å². The molecule has 0 spiro atoms. The standard InChI is InChI=1S/C15H20FN3S/c1-3-8-19-10-12(9-18-19)15(17-2)11-20-14-6-4-13(16)5-7-14/h4-7,9-10,15,17H,3,8,11H2,1-2H3. The summed E-state index contributed by atoms with van der Waals surface area (Å²) in [6.45, 7) is 3.09. The summed E-state index contributed by atoms with van der Waals surface area (Å²) in [6, 6.07) is 6.86. The molecule has 1 atom stereocenters. The van der Waals surface area contributed by atoms with Gasteiger partial charge in [-0.1, -0.05) is 6.92 Å². The van der Waals surface area contributed by atoms with Crippen LogP contribution in [0.4, 0.5) is 4.39 Å². The largest absolute Gasteiger partial charge is 0.312 e. The molecule has 0 saturated carbocycles. The maximum Gasteiger partial charge on any atom is 0.123 e. The van der Waals surface area contributed by atoms with Gasteiger partial charge in [-0.25, -0.2) is 4.39 Å². The summed E-state index contributed by atoms with van der Waals surface area (Å²) in [5.74, 6) is 0.695. The average Bonchev–Trinajstić information content (AvgIpc) is 2.91. The minimum absolute atomic E-state index is 0.194. The minimum Gasteiger partial charge on any atom is -0.312 e. The smallest absolute Gasteiger partial charge is 0.123 e. The van der Waals surface area contributed by atoms with Crippen molar-refractivity contribution in [1.29, 1.82) is 0 Å². The fourth-order valence-electron chi connectivity index (χ4n) is 1.97. The Morgan fingerprint density at radius 1 is 1.35 bits per heavy atom. The summed E-state index contributed by atoms with van der Waals surface area (Å²) in [4.78, 5) is 1.08. The van der Waals surface area contributed by atoms with Gasteiger partial charge in [0, 0.05) is 35.0 Å². The molecule has 1 aromatic heterocycles. The molecule has 0 amide bonds. The third-order valence-electron chi connectivity index (χ3n) is 3.09. The van der Waals surface area contributed by atoms with E-state index >= 15 is 0 Å². The first-order chi connectivity index (χ1) is 9.72. The third-order valence-corrected chi connectivity index (χ3v) is 4.19. The van der Waals surface area contributed by atoms with Crippen LogP contribution in [0.3, 0.4) is 0 Å². The molecule has 3 nitrogen and oxygen atoms in total. The van der Waals surface area contributed by atoms with Crippen LogP contribution in [0.2, 0.25) is 0 Å². The SMILES string of the molecule is CCCn1cc(C(CSc2ccc(F)cc2)NC)cn1. The number of hydrogen-bond donors (Lipinski definition) is 1. The summed E-state index contributed by atoms with van der Waals surface area (Å²) in [5, 5.41) is 7.67. The number of benzene rings is 1. The predicted molar refractivity (Wildman–Crippen MR) is 81.4 cm³/mol. The van der Waals surface area contributed by atoms with Crippen LogP contribution in [-0.2, 0) is 6.54 Å². The molecule has 1 unspecified atom stereocenters. The second-order valence-electron chi connectivity index (χ2n) is 4.64. The molecule has 0 bridgehead atoms. The van der Waals surface area contributed by atoms with Gasteiger partial charge in [-0.2, -0.15) is 5.10 Å². The lowest BCUT2D eigenvalue weighted by Crippen LogP contribution is -2.18. The van der Waals surface area contributed by atoms with Crippen molar-refractivity contribution in [3.63, 3.8) is 0 Å². The van der Waals surface area contributed by atoms with Crippen LogP contribution in [0.25, 0.3) is 0 Å². The molecule has 0 aliphatic carbocycles. The normalized spacial score (nSPS) is 12.6. The van der Waals surface area contributed by atoms with Crippen molar-refractivity contribution in [2.24, 2.45) is 0 Å². The number of aryl methyl sites for hydroxylation is 1. The molecule has 2 rings (SSSR count). The molecule has 0 aliphatic heterocycles. The van der Waals surface area contributed by atoms with Crippen LogP contribution < -0.4 is 5.32 Å². The van der Waals surface area contributed by atoms with Crippen molar-refractivity contribution in [2.75, 3.05) is 12.8 Å². The number of hydrogen-bond acceptors (Lipinski definition) is 3. The van der Waals surface area contributed by atoms with E-state index in [2.05, 4.69) is 23.5 Å². The molecular weight excluding hydrogens is 273 g/mol. The Morgan fingerprint density at radius 3 is 2.75 bits per heavy atom. The van der Waals surface area contributed by atoms with Gasteiger partial charge in [-0.05, 0) is 37.7 Å². The second kappa shape index (κ2) is 7.45. The lowest BCUT2D eigenvalue weighted by Gasteiger charge is -2.13. The average molecular weight is 293 g/mol. The first-order valence-electron chi connectivity index (χ1n) is 6.81. The highest BCUT2D eigenvalue weighted by Crippen LogP contribution is 2.24. The zero-order valence-corrected chi connectivity index (χ0v) is 12.7. The quantitative estimate of drug-likeness (QED) is 0.793. The van der Waals surface area contributed by atoms with Gasteiger partial charge < -0.3 is 5.32 Å². The highest BCUT2D eigenvalue weighted by atomic mass is 32.2. The van der Waals surface area contributed by atoms with Gasteiger partial charge in [0.05, 0.1) is 6.20 Å². The molecule has 108 valence electrons. The summed E-state index contributed by atoms with van der Waals surface area (Å²) >= 11 is 1.71. The number of aromatic nitrogens is 2. The molecule has 2 aromatic rings.